The van der Waals surface area contributed by atoms with Crippen LogP contribution in [0, 0.1) is 0 Å². The van der Waals surface area contributed by atoms with Crippen molar-refractivity contribution < 1.29 is 13.9 Å². The highest BCUT2D eigenvalue weighted by Crippen LogP contribution is 2.18. The Hall–Kier alpha value is -1.49. The number of rotatable bonds is 5. The lowest BCUT2D eigenvalue weighted by molar-refractivity contribution is -0.00507. The summed E-state index contributed by atoms with van der Waals surface area (Å²) in [6.07, 6.45) is -3.62. The zero-order valence-corrected chi connectivity index (χ0v) is 10.2. The van der Waals surface area contributed by atoms with Gasteiger partial charge in [-0.05, 0) is 18.6 Å². The van der Waals surface area contributed by atoms with Crippen molar-refractivity contribution in [3.05, 3.63) is 30.1 Å². The molecule has 0 saturated carbocycles. The average Bonchev–Trinajstić information content (AvgIpc) is 2.68. The second-order valence-electron chi connectivity index (χ2n) is 4.27. The molecule has 3 nitrogen and oxygen atoms in total. The van der Waals surface area contributed by atoms with Crippen LogP contribution in [0.1, 0.15) is 19.2 Å². The summed E-state index contributed by atoms with van der Waals surface area (Å²) in [5, 5.41) is 9.29. The molecule has 18 heavy (non-hydrogen) atoms. The Labute approximate surface area is 104 Å². The molecule has 5 heteroatoms. The third-order valence-corrected chi connectivity index (χ3v) is 2.86. The number of halogens is 2. The number of benzene rings is 1. The zero-order chi connectivity index (χ0) is 13.1. The lowest BCUT2D eigenvalue weighted by Crippen LogP contribution is -2.22. The molecule has 1 aromatic carbocycles. The van der Waals surface area contributed by atoms with Gasteiger partial charge in [-0.3, -0.25) is 0 Å². The third kappa shape index (κ3) is 2.51. The fraction of sp³-hybridized carbons (Fsp3) is 0.462. The maximum absolute atomic E-state index is 12.4. The number of aryl methyl sites for hydroxylation is 1. The SMILES string of the molecule is CCCn1c(CC(O)C(F)F)nc2ccccc21. The van der Waals surface area contributed by atoms with Gasteiger partial charge < -0.3 is 9.67 Å². The van der Waals surface area contributed by atoms with Crippen LogP contribution in [-0.2, 0) is 13.0 Å². The lowest BCUT2D eigenvalue weighted by Gasteiger charge is -2.11. The molecule has 0 amide bonds. The van der Waals surface area contributed by atoms with Crippen molar-refractivity contribution in [2.24, 2.45) is 0 Å². The van der Waals surface area contributed by atoms with E-state index in [4.69, 9.17) is 0 Å². The molecule has 1 unspecified atom stereocenters. The number of hydrogen-bond donors (Lipinski definition) is 1. The Kier molecular flexibility index (Phi) is 3.91. The minimum Gasteiger partial charge on any atom is -0.387 e. The van der Waals surface area contributed by atoms with Gasteiger partial charge in [0.1, 0.15) is 11.9 Å². The number of aliphatic hydroxyl groups excluding tert-OH is 1. The van der Waals surface area contributed by atoms with Gasteiger partial charge in [0.05, 0.1) is 11.0 Å². The van der Waals surface area contributed by atoms with E-state index >= 15 is 0 Å². The van der Waals surface area contributed by atoms with Gasteiger partial charge in [0.25, 0.3) is 6.43 Å². The minimum atomic E-state index is -2.74. The van der Waals surface area contributed by atoms with E-state index in [2.05, 4.69) is 4.98 Å². The first-order chi connectivity index (χ1) is 8.63. The predicted octanol–water partition coefficient (Wildman–Crippen LogP) is 2.61. The van der Waals surface area contributed by atoms with E-state index in [1.54, 1.807) is 0 Å². The summed E-state index contributed by atoms with van der Waals surface area (Å²) in [7, 11) is 0. The van der Waals surface area contributed by atoms with Gasteiger partial charge in [0.2, 0.25) is 0 Å². The number of nitrogens with zero attached hydrogens (tertiary/aromatic N) is 2. The van der Waals surface area contributed by atoms with Crippen LogP contribution in [0.4, 0.5) is 8.78 Å². The van der Waals surface area contributed by atoms with Gasteiger partial charge in [-0.25, -0.2) is 13.8 Å². The fourth-order valence-electron chi connectivity index (χ4n) is 2.03. The van der Waals surface area contributed by atoms with E-state index in [1.165, 1.54) is 0 Å². The summed E-state index contributed by atoms with van der Waals surface area (Å²) in [4.78, 5) is 4.32. The molecule has 2 rings (SSSR count). The van der Waals surface area contributed by atoms with Crippen LogP contribution in [0.3, 0.4) is 0 Å². The van der Waals surface area contributed by atoms with Crippen LogP contribution in [-0.4, -0.2) is 27.2 Å². The van der Waals surface area contributed by atoms with Gasteiger partial charge in [-0.15, -0.1) is 0 Å². The van der Waals surface area contributed by atoms with Gasteiger partial charge in [0.15, 0.2) is 0 Å². The van der Waals surface area contributed by atoms with Crippen molar-refractivity contribution in [1.82, 2.24) is 9.55 Å². The molecule has 0 aliphatic heterocycles. The maximum atomic E-state index is 12.4. The van der Waals surface area contributed by atoms with Crippen molar-refractivity contribution in [2.75, 3.05) is 0 Å². The quantitative estimate of drug-likeness (QED) is 0.890. The van der Waals surface area contributed by atoms with Crippen LogP contribution in [0.15, 0.2) is 24.3 Å². The molecule has 1 N–H and O–H groups in total. The number of para-hydroxylation sites is 2. The highest BCUT2D eigenvalue weighted by atomic mass is 19.3. The molecule has 1 atom stereocenters. The second kappa shape index (κ2) is 5.44. The Morgan fingerprint density at radius 1 is 1.33 bits per heavy atom. The number of hydrogen-bond acceptors (Lipinski definition) is 2. The minimum absolute atomic E-state index is 0.119. The molecule has 0 aliphatic carbocycles. The van der Waals surface area contributed by atoms with Crippen molar-refractivity contribution in [3.8, 4) is 0 Å². The van der Waals surface area contributed by atoms with E-state index in [-0.39, 0.29) is 6.42 Å². The first-order valence-corrected chi connectivity index (χ1v) is 6.03. The number of imidazole rings is 1. The Balaban J connectivity index is 2.39. The van der Waals surface area contributed by atoms with Crippen LogP contribution < -0.4 is 0 Å². The fourth-order valence-corrected chi connectivity index (χ4v) is 2.03. The Morgan fingerprint density at radius 2 is 2.06 bits per heavy atom. The summed E-state index contributed by atoms with van der Waals surface area (Å²) in [5.41, 5.74) is 1.71. The first kappa shape index (κ1) is 13.0. The third-order valence-electron chi connectivity index (χ3n) is 2.86. The molecule has 2 aromatic rings. The van der Waals surface area contributed by atoms with Crippen molar-refractivity contribution in [1.29, 1.82) is 0 Å². The normalized spacial score (nSPS) is 13.4. The van der Waals surface area contributed by atoms with Crippen molar-refractivity contribution in [2.45, 2.75) is 38.8 Å². The van der Waals surface area contributed by atoms with Crippen LogP contribution in [0.5, 0.6) is 0 Å². The molecule has 0 radical (unpaired) electrons. The molecular weight excluding hydrogens is 238 g/mol. The maximum Gasteiger partial charge on any atom is 0.264 e. The standard InChI is InChI=1S/C13H16F2N2O/c1-2-7-17-10-6-4-3-5-9(10)16-12(17)8-11(18)13(14)15/h3-6,11,13,18H,2,7-8H2,1H3. The molecular formula is C13H16F2N2O. The predicted molar refractivity (Wildman–Crippen MR) is 65.7 cm³/mol. The number of aliphatic hydroxyl groups is 1. The van der Waals surface area contributed by atoms with E-state index in [0.29, 0.717) is 12.4 Å². The van der Waals surface area contributed by atoms with Gasteiger partial charge in [-0.2, -0.15) is 0 Å². The summed E-state index contributed by atoms with van der Waals surface area (Å²) in [6.45, 7) is 2.73. The zero-order valence-electron chi connectivity index (χ0n) is 10.2. The molecule has 1 heterocycles. The first-order valence-electron chi connectivity index (χ1n) is 6.03. The molecule has 0 aliphatic rings. The van der Waals surface area contributed by atoms with E-state index in [1.807, 2.05) is 35.8 Å². The van der Waals surface area contributed by atoms with Crippen LogP contribution in [0.2, 0.25) is 0 Å². The highest BCUT2D eigenvalue weighted by Gasteiger charge is 2.21. The number of fused-ring (bicyclic) bond motifs is 1. The van der Waals surface area contributed by atoms with E-state index in [0.717, 1.165) is 17.5 Å². The monoisotopic (exact) mass is 254 g/mol. The van der Waals surface area contributed by atoms with Crippen LogP contribution in [0.25, 0.3) is 11.0 Å². The van der Waals surface area contributed by atoms with Crippen molar-refractivity contribution >= 4 is 11.0 Å². The van der Waals surface area contributed by atoms with Crippen molar-refractivity contribution in [3.63, 3.8) is 0 Å². The second-order valence-corrected chi connectivity index (χ2v) is 4.27. The summed E-state index contributed by atoms with van der Waals surface area (Å²) >= 11 is 0. The average molecular weight is 254 g/mol. The van der Waals surface area contributed by atoms with Gasteiger partial charge in [0, 0.05) is 13.0 Å². The Bertz CT molecular complexity index is 525. The molecule has 0 bridgehead atoms. The highest BCUT2D eigenvalue weighted by molar-refractivity contribution is 5.75. The summed E-state index contributed by atoms with van der Waals surface area (Å²) in [5.74, 6) is 0.519. The molecule has 98 valence electrons. The molecule has 0 fully saturated rings. The number of alkyl halides is 2. The molecule has 0 spiro atoms. The van der Waals surface area contributed by atoms with Gasteiger partial charge >= 0.3 is 0 Å². The Morgan fingerprint density at radius 3 is 2.72 bits per heavy atom. The largest absolute Gasteiger partial charge is 0.387 e. The topological polar surface area (TPSA) is 38.0 Å². The van der Waals surface area contributed by atoms with Crippen LogP contribution >= 0.6 is 0 Å². The number of aromatic nitrogens is 2. The van der Waals surface area contributed by atoms with E-state index < -0.39 is 12.5 Å². The summed E-state index contributed by atoms with van der Waals surface area (Å²) < 4.78 is 26.7. The molecule has 1 aromatic heterocycles. The molecule has 0 saturated heterocycles. The van der Waals surface area contributed by atoms with E-state index in [9.17, 15) is 13.9 Å². The summed E-state index contributed by atoms with van der Waals surface area (Å²) in [6, 6.07) is 7.51. The smallest absolute Gasteiger partial charge is 0.264 e. The van der Waals surface area contributed by atoms with Gasteiger partial charge in [-0.1, -0.05) is 19.1 Å². The lowest BCUT2D eigenvalue weighted by atomic mass is 10.2.